The van der Waals surface area contributed by atoms with Crippen molar-refractivity contribution in [2.24, 2.45) is 0 Å². The molecule has 0 aliphatic carbocycles. The van der Waals surface area contributed by atoms with Crippen molar-refractivity contribution in [1.29, 1.82) is 0 Å². The van der Waals surface area contributed by atoms with Crippen molar-refractivity contribution in [3.05, 3.63) is 30.4 Å². The van der Waals surface area contributed by atoms with E-state index in [9.17, 15) is 4.79 Å². The minimum Gasteiger partial charge on any atom is -0.337 e. The molecular formula is C18H24N6O2. The molecule has 2 aromatic heterocycles. The first-order chi connectivity index (χ1) is 12.8. The Kier molecular flexibility index (Phi) is 5.10. The number of likely N-dealkylation sites (tertiary alicyclic amines) is 2. The number of carbonyl (C=O) groups excluding carboxylic acids is 1. The van der Waals surface area contributed by atoms with E-state index in [-0.39, 0.29) is 12.6 Å². The molecular weight excluding hydrogens is 332 g/mol. The molecule has 8 heteroatoms. The molecule has 4 rings (SSSR count). The summed E-state index contributed by atoms with van der Waals surface area (Å²) in [5.41, 5.74) is 0.790. The number of hydrogen-bond donors (Lipinski definition) is 1. The van der Waals surface area contributed by atoms with Crippen LogP contribution in [0.5, 0.6) is 0 Å². The summed E-state index contributed by atoms with van der Waals surface area (Å²) in [4.78, 5) is 25.2. The van der Waals surface area contributed by atoms with E-state index in [1.165, 1.54) is 32.4 Å². The lowest BCUT2D eigenvalue weighted by Gasteiger charge is -2.32. The maximum Gasteiger partial charge on any atom is 0.317 e. The van der Waals surface area contributed by atoms with Crippen LogP contribution < -0.4 is 5.32 Å². The third-order valence-corrected chi connectivity index (χ3v) is 5.14. The summed E-state index contributed by atoms with van der Waals surface area (Å²) in [5, 5.41) is 6.82. The van der Waals surface area contributed by atoms with Gasteiger partial charge in [-0.15, -0.1) is 0 Å². The van der Waals surface area contributed by atoms with Gasteiger partial charge in [-0.25, -0.2) is 4.79 Å². The predicted molar refractivity (Wildman–Crippen MR) is 95.2 cm³/mol. The summed E-state index contributed by atoms with van der Waals surface area (Å²) in [6.45, 7) is 4.17. The smallest absolute Gasteiger partial charge is 0.317 e. The second-order valence-corrected chi connectivity index (χ2v) is 6.90. The van der Waals surface area contributed by atoms with Crippen LogP contribution in [0, 0.1) is 0 Å². The number of amides is 2. The van der Waals surface area contributed by atoms with E-state index in [0.717, 1.165) is 25.1 Å². The maximum absolute atomic E-state index is 12.4. The molecule has 0 radical (unpaired) electrons. The SMILES string of the molecule is O=C(NCc1nc(-c2cccnc2)no1)N1CC[C@@H](N2CCCCC2)C1. The molecule has 4 heterocycles. The van der Waals surface area contributed by atoms with Crippen molar-refractivity contribution >= 4 is 6.03 Å². The first-order valence-corrected chi connectivity index (χ1v) is 9.29. The zero-order valence-electron chi connectivity index (χ0n) is 14.8. The van der Waals surface area contributed by atoms with Gasteiger partial charge in [0.05, 0.1) is 6.54 Å². The first kappa shape index (κ1) is 17.0. The molecule has 0 spiro atoms. The van der Waals surface area contributed by atoms with Crippen LogP contribution in [0.2, 0.25) is 0 Å². The van der Waals surface area contributed by atoms with Gasteiger partial charge < -0.3 is 14.7 Å². The van der Waals surface area contributed by atoms with Gasteiger partial charge in [-0.2, -0.15) is 4.98 Å². The number of nitrogens with zero attached hydrogens (tertiary/aromatic N) is 5. The Labute approximate surface area is 152 Å². The molecule has 2 fully saturated rings. The lowest BCUT2D eigenvalue weighted by atomic mass is 10.1. The number of piperidine rings is 1. The van der Waals surface area contributed by atoms with Crippen LogP contribution in [0.4, 0.5) is 4.79 Å². The van der Waals surface area contributed by atoms with Crippen molar-refractivity contribution in [3.8, 4) is 11.4 Å². The molecule has 138 valence electrons. The van der Waals surface area contributed by atoms with Gasteiger partial charge in [-0.3, -0.25) is 9.88 Å². The van der Waals surface area contributed by atoms with Crippen molar-refractivity contribution in [2.45, 2.75) is 38.3 Å². The Morgan fingerprint density at radius 2 is 2.15 bits per heavy atom. The van der Waals surface area contributed by atoms with Crippen molar-refractivity contribution < 1.29 is 9.32 Å². The number of hydrogen-bond acceptors (Lipinski definition) is 6. The number of urea groups is 1. The lowest BCUT2D eigenvalue weighted by Crippen LogP contribution is -2.43. The third kappa shape index (κ3) is 3.85. The predicted octanol–water partition coefficient (Wildman–Crippen LogP) is 1.90. The van der Waals surface area contributed by atoms with Crippen LogP contribution in [0.3, 0.4) is 0 Å². The van der Waals surface area contributed by atoms with Crippen molar-refractivity contribution in [1.82, 2.24) is 30.2 Å². The van der Waals surface area contributed by atoms with Gasteiger partial charge in [0.25, 0.3) is 0 Å². The minimum atomic E-state index is -0.0642. The van der Waals surface area contributed by atoms with E-state index in [4.69, 9.17) is 4.52 Å². The zero-order chi connectivity index (χ0) is 17.8. The molecule has 2 saturated heterocycles. The summed E-state index contributed by atoms with van der Waals surface area (Å²) in [6.07, 6.45) is 8.31. The Balaban J connectivity index is 1.27. The Hall–Kier alpha value is -2.48. The highest BCUT2D eigenvalue weighted by atomic mass is 16.5. The largest absolute Gasteiger partial charge is 0.337 e. The molecule has 2 aliphatic heterocycles. The molecule has 1 atom stereocenters. The van der Waals surface area contributed by atoms with Crippen LogP contribution in [0.25, 0.3) is 11.4 Å². The van der Waals surface area contributed by atoms with E-state index in [2.05, 4.69) is 25.3 Å². The minimum absolute atomic E-state index is 0.0642. The maximum atomic E-state index is 12.4. The molecule has 26 heavy (non-hydrogen) atoms. The highest BCUT2D eigenvalue weighted by Gasteiger charge is 2.30. The van der Waals surface area contributed by atoms with Crippen LogP contribution in [-0.2, 0) is 6.54 Å². The number of pyridine rings is 1. The van der Waals surface area contributed by atoms with Gasteiger partial charge in [-0.1, -0.05) is 11.6 Å². The monoisotopic (exact) mass is 356 g/mol. The Morgan fingerprint density at radius 3 is 2.96 bits per heavy atom. The second kappa shape index (κ2) is 7.82. The van der Waals surface area contributed by atoms with E-state index < -0.39 is 0 Å². The highest BCUT2D eigenvalue weighted by Crippen LogP contribution is 2.20. The third-order valence-electron chi connectivity index (χ3n) is 5.14. The highest BCUT2D eigenvalue weighted by molar-refractivity contribution is 5.74. The fourth-order valence-corrected chi connectivity index (χ4v) is 3.71. The molecule has 8 nitrogen and oxygen atoms in total. The summed E-state index contributed by atoms with van der Waals surface area (Å²) in [6, 6.07) is 4.12. The van der Waals surface area contributed by atoms with Gasteiger partial charge in [0.2, 0.25) is 11.7 Å². The molecule has 0 aromatic carbocycles. The van der Waals surface area contributed by atoms with Crippen molar-refractivity contribution in [3.63, 3.8) is 0 Å². The van der Waals surface area contributed by atoms with Gasteiger partial charge in [-0.05, 0) is 44.5 Å². The summed E-state index contributed by atoms with van der Waals surface area (Å²) in [7, 11) is 0. The average molecular weight is 356 g/mol. The number of carbonyl (C=O) groups is 1. The fraction of sp³-hybridized carbons (Fsp3) is 0.556. The zero-order valence-corrected chi connectivity index (χ0v) is 14.8. The molecule has 0 saturated carbocycles. The van der Waals surface area contributed by atoms with E-state index in [1.54, 1.807) is 12.4 Å². The number of rotatable bonds is 4. The van der Waals surface area contributed by atoms with Crippen LogP contribution >= 0.6 is 0 Å². The first-order valence-electron chi connectivity index (χ1n) is 9.29. The normalized spacial score (nSPS) is 21.1. The molecule has 0 bridgehead atoms. The van der Waals surface area contributed by atoms with Gasteiger partial charge in [0.1, 0.15) is 0 Å². The Morgan fingerprint density at radius 1 is 1.27 bits per heavy atom. The molecule has 2 aliphatic rings. The van der Waals surface area contributed by atoms with E-state index in [0.29, 0.717) is 17.8 Å². The number of nitrogens with one attached hydrogen (secondary N) is 1. The van der Waals surface area contributed by atoms with Gasteiger partial charge in [0.15, 0.2) is 0 Å². The molecule has 2 aromatic rings. The quantitative estimate of drug-likeness (QED) is 0.900. The van der Waals surface area contributed by atoms with Gasteiger partial charge >= 0.3 is 6.03 Å². The summed E-state index contributed by atoms with van der Waals surface area (Å²) >= 11 is 0. The lowest BCUT2D eigenvalue weighted by molar-refractivity contribution is 0.161. The molecule has 2 amide bonds. The van der Waals surface area contributed by atoms with Crippen LogP contribution in [-0.4, -0.2) is 63.2 Å². The van der Waals surface area contributed by atoms with Gasteiger partial charge in [0, 0.05) is 37.1 Å². The summed E-state index contributed by atoms with van der Waals surface area (Å²) < 4.78 is 5.22. The fourth-order valence-electron chi connectivity index (χ4n) is 3.71. The van der Waals surface area contributed by atoms with Crippen molar-refractivity contribution in [2.75, 3.05) is 26.2 Å². The Bertz CT molecular complexity index is 728. The molecule has 1 N–H and O–H groups in total. The topological polar surface area (TPSA) is 87.4 Å². The standard InChI is InChI=1S/C18H24N6O2/c25-18(24-10-6-15(13-24)23-8-2-1-3-9-23)20-12-16-21-17(22-26-16)14-5-4-7-19-11-14/h4-5,7,11,15H,1-3,6,8-10,12-13H2,(H,20,25)/t15-/m1/s1. The second-order valence-electron chi connectivity index (χ2n) is 6.90. The summed E-state index contributed by atoms with van der Waals surface area (Å²) in [5.74, 6) is 0.873. The van der Waals surface area contributed by atoms with Crippen LogP contribution in [0.1, 0.15) is 31.6 Å². The van der Waals surface area contributed by atoms with E-state index >= 15 is 0 Å². The average Bonchev–Trinajstić information content (AvgIpc) is 3.37. The molecule has 0 unspecified atom stereocenters. The van der Waals surface area contributed by atoms with E-state index in [1.807, 2.05) is 17.0 Å². The number of aromatic nitrogens is 3. The van der Waals surface area contributed by atoms with Crippen LogP contribution in [0.15, 0.2) is 29.0 Å².